The molecule has 0 aromatic carbocycles. The summed E-state index contributed by atoms with van der Waals surface area (Å²) < 4.78 is 4.85. The Morgan fingerprint density at radius 1 is 1.58 bits per heavy atom. The third-order valence-electron chi connectivity index (χ3n) is 2.65. The van der Waals surface area contributed by atoms with Crippen LogP contribution in [0.15, 0.2) is 0 Å². The Labute approximate surface area is 115 Å². The molecule has 0 aromatic heterocycles. The van der Waals surface area contributed by atoms with Crippen LogP contribution in [-0.2, 0) is 23.9 Å². The predicted octanol–water partition coefficient (Wildman–Crippen LogP) is -1.11. The lowest BCUT2D eigenvalue weighted by Gasteiger charge is -2.14. The van der Waals surface area contributed by atoms with Crippen LogP contribution >= 0.6 is 12.6 Å². The number of imide groups is 1. The standard InChI is InChI=1S/C11H16N2O5S/c12-7(6-14)1-2-10(16)18-4-3-13-9(15)5-8(19)11(13)17/h6-8,19H,1-5,12H2. The third kappa shape index (κ3) is 4.64. The summed E-state index contributed by atoms with van der Waals surface area (Å²) in [5.74, 6) is -1.20. The third-order valence-corrected chi connectivity index (χ3v) is 3.06. The number of ether oxygens (including phenoxy) is 1. The topological polar surface area (TPSA) is 107 Å². The van der Waals surface area contributed by atoms with Crippen molar-refractivity contribution in [1.82, 2.24) is 4.90 Å². The van der Waals surface area contributed by atoms with E-state index in [1.165, 1.54) is 0 Å². The fourth-order valence-corrected chi connectivity index (χ4v) is 1.87. The van der Waals surface area contributed by atoms with E-state index < -0.39 is 17.3 Å². The van der Waals surface area contributed by atoms with Crippen LogP contribution in [0.2, 0.25) is 0 Å². The van der Waals surface area contributed by atoms with Crippen molar-refractivity contribution in [2.75, 3.05) is 13.2 Å². The minimum Gasteiger partial charge on any atom is -0.464 e. The number of esters is 1. The SMILES string of the molecule is NC(C=O)CCC(=O)OCCN1C(=O)CC(S)C1=O. The van der Waals surface area contributed by atoms with Crippen LogP contribution in [0.3, 0.4) is 0 Å². The smallest absolute Gasteiger partial charge is 0.305 e. The van der Waals surface area contributed by atoms with Gasteiger partial charge in [-0.05, 0) is 6.42 Å². The molecule has 19 heavy (non-hydrogen) atoms. The van der Waals surface area contributed by atoms with Crippen molar-refractivity contribution in [2.45, 2.75) is 30.6 Å². The highest BCUT2D eigenvalue weighted by Crippen LogP contribution is 2.17. The van der Waals surface area contributed by atoms with Gasteiger partial charge in [-0.25, -0.2) is 0 Å². The second-order valence-electron chi connectivity index (χ2n) is 4.16. The van der Waals surface area contributed by atoms with Gasteiger partial charge in [-0.2, -0.15) is 12.6 Å². The molecule has 2 unspecified atom stereocenters. The number of thiol groups is 1. The summed E-state index contributed by atoms with van der Waals surface area (Å²) in [7, 11) is 0. The minimum absolute atomic E-state index is 0.0248. The molecule has 0 bridgehead atoms. The number of nitrogens with two attached hydrogens (primary N) is 1. The lowest BCUT2D eigenvalue weighted by molar-refractivity contribution is -0.148. The van der Waals surface area contributed by atoms with Gasteiger partial charge in [0, 0.05) is 12.8 Å². The zero-order chi connectivity index (χ0) is 14.4. The number of aldehydes is 1. The Hall–Kier alpha value is -1.41. The highest BCUT2D eigenvalue weighted by molar-refractivity contribution is 7.81. The van der Waals surface area contributed by atoms with Crippen LogP contribution in [0.1, 0.15) is 19.3 Å². The fraction of sp³-hybridized carbons (Fsp3) is 0.636. The molecule has 1 rings (SSSR count). The Bertz CT molecular complexity index is 387. The normalized spacial score (nSPS) is 20.5. The first-order chi connectivity index (χ1) is 8.95. The number of nitrogens with zero attached hydrogens (tertiary/aromatic N) is 1. The molecule has 8 heteroatoms. The maximum atomic E-state index is 11.5. The maximum absolute atomic E-state index is 11.5. The van der Waals surface area contributed by atoms with Crippen LogP contribution < -0.4 is 5.73 Å². The average Bonchev–Trinajstić information content (AvgIpc) is 2.62. The molecule has 0 radical (unpaired) electrons. The molecule has 2 amide bonds. The van der Waals surface area contributed by atoms with Crippen LogP contribution in [0.5, 0.6) is 0 Å². The van der Waals surface area contributed by atoms with Crippen molar-refractivity contribution in [2.24, 2.45) is 5.73 Å². The summed E-state index contributed by atoms with van der Waals surface area (Å²) in [5, 5.41) is -0.603. The van der Waals surface area contributed by atoms with Gasteiger partial charge in [0.25, 0.3) is 0 Å². The highest BCUT2D eigenvalue weighted by atomic mass is 32.1. The van der Waals surface area contributed by atoms with Gasteiger partial charge in [0.1, 0.15) is 12.9 Å². The number of carbonyl (C=O) groups is 4. The van der Waals surface area contributed by atoms with Crippen LogP contribution in [0.25, 0.3) is 0 Å². The Kier molecular flexibility index (Phi) is 5.97. The summed E-state index contributed by atoms with van der Waals surface area (Å²) in [6.45, 7) is -0.0344. The number of rotatable bonds is 7. The van der Waals surface area contributed by atoms with Gasteiger partial charge in [0.05, 0.1) is 17.8 Å². The van der Waals surface area contributed by atoms with Crippen molar-refractivity contribution in [3.63, 3.8) is 0 Å². The van der Waals surface area contributed by atoms with E-state index >= 15 is 0 Å². The minimum atomic E-state index is -0.681. The number of carbonyl (C=O) groups excluding carboxylic acids is 4. The quantitative estimate of drug-likeness (QED) is 0.266. The Balaban J connectivity index is 2.23. The second-order valence-corrected chi connectivity index (χ2v) is 4.79. The van der Waals surface area contributed by atoms with Crippen LogP contribution in [0.4, 0.5) is 0 Å². The summed E-state index contributed by atoms with van der Waals surface area (Å²) >= 11 is 3.97. The average molecular weight is 288 g/mol. The number of likely N-dealkylation sites (tertiary alicyclic amines) is 1. The summed E-state index contributed by atoms with van der Waals surface area (Å²) in [6, 6.07) is -0.681. The van der Waals surface area contributed by atoms with E-state index in [1.54, 1.807) is 0 Å². The molecule has 1 aliphatic rings. The molecular formula is C11H16N2O5S. The molecule has 1 saturated heterocycles. The van der Waals surface area contributed by atoms with Crippen LogP contribution in [-0.4, -0.2) is 53.4 Å². The first kappa shape index (κ1) is 15.6. The molecular weight excluding hydrogens is 272 g/mol. The van der Waals surface area contributed by atoms with E-state index in [1.807, 2.05) is 0 Å². The van der Waals surface area contributed by atoms with E-state index in [0.717, 1.165) is 4.90 Å². The summed E-state index contributed by atoms with van der Waals surface area (Å²) in [6.07, 6.45) is 0.866. The summed E-state index contributed by atoms with van der Waals surface area (Å²) in [4.78, 5) is 45.4. The number of amides is 2. The lowest BCUT2D eigenvalue weighted by atomic mass is 10.2. The Morgan fingerprint density at radius 2 is 2.26 bits per heavy atom. The van der Waals surface area contributed by atoms with E-state index in [4.69, 9.17) is 10.5 Å². The first-order valence-electron chi connectivity index (χ1n) is 5.84. The molecule has 1 aliphatic heterocycles. The lowest BCUT2D eigenvalue weighted by Crippen LogP contribution is -2.34. The fourth-order valence-electron chi connectivity index (χ4n) is 1.58. The van der Waals surface area contributed by atoms with Crippen molar-refractivity contribution in [3.8, 4) is 0 Å². The zero-order valence-electron chi connectivity index (χ0n) is 10.3. The van der Waals surface area contributed by atoms with E-state index in [9.17, 15) is 19.2 Å². The monoisotopic (exact) mass is 288 g/mol. The van der Waals surface area contributed by atoms with Crippen LogP contribution in [0, 0.1) is 0 Å². The van der Waals surface area contributed by atoms with E-state index in [0.29, 0.717) is 6.29 Å². The maximum Gasteiger partial charge on any atom is 0.305 e. The summed E-state index contributed by atoms with van der Waals surface area (Å²) in [5.41, 5.74) is 5.32. The molecule has 2 atom stereocenters. The van der Waals surface area contributed by atoms with Crippen molar-refractivity contribution in [3.05, 3.63) is 0 Å². The Morgan fingerprint density at radius 3 is 2.79 bits per heavy atom. The first-order valence-corrected chi connectivity index (χ1v) is 6.36. The number of hydrogen-bond donors (Lipinski definition) is 2. The molecule has 2 N–H and O–H groups in total. The van der Waals surface area contributed by atoms with Crippen molar-refractivity contribution in [1.29, 1.82) is 0 Å². The highest BCUT2D eigenvalue weighted by Gasteiger charge is 2.35. The van der Waals surface area contributed by atoms with Crippen molar-refractivity contribution < 1.29 is 23.9 Å². The molecule has 1 heterocycles. The van der Waals surface area contributed by atoms with Crippen molar-refractivity contribution >= 4 is 36.7 Å². The van der Waals surface area contributed by atoms with Gasteiger partial charge in [-0.15, -0.1) is 0 Å². The van der Waals surface area contributed by atoms with E-state index in [-0.39, 0.29) is 44.2 Å². The predicted molar refractivity (Wildman–Crippen MR) is 68.3 cm³/mol. The molecule has 106 valence electrons. The largest absolute Gasteiger partial charge is 0.464 e. The number of hydrogen-bond acceptors (Lipinski definition) is 7. The zero-order valence-corrected chi connectivity index (χ0v) is 11.2. The molecule has 7 nitrogen and oxygen atoms in total. The van der Waals surface area contributed by atoms with Gasteiger partial charge in [0.15, 0.2) is 0 Å². The van der Waals surface area contributed by atoms with Gasteiger partial charge >= 0.3 is 5.97 Å². The molecule has 0 aliphatic carbocycles. The van der Waals surface area contributed by atoms with Gasteiger partial charge in [-0.1, -0.05) is 0 Å². The molecule has 0 spiro atoms. The molecule has 0 aromatic rings. The second kappa shape index (κ2) is 7.25. The molecule has 0 saturated carbocycles. The van der Waals surface area contributed by atoms with Gasteiger partial charge in [0.2, 0.25) is 11.8 Å². The van der Waals surface area contributed by atoms with Gasteiger partial charge < -0.3 is 15.3 Å². The van der Waals surface area contributed by atoms with Gasteiger partial charge in [-0.3, -0.25) is 19.3 Å². The molecule has 1 fully saturated rings. The van der Waals surface area contributed by atoms with E-state index in [2.05, 4.69) is 12.6 Å².